The Balaban J connectivity index is 1.95. The highest BCUT2D eigenvalue weighted by Gasteiger charge is 2.36. The number of amides is 1. The van der Waals surface area contributed by atoms with Gasteiger partial charge in [-0.2, -0.15) is 0 Å². The van der Waals surface area contributed by atoms with Gasteiger partial charge in [-0.3, -0.25) is 4.79 Å². The third kappa shape index (κ3) is 2.15. The minimum Gasteiger partial charge on any atom is -0.338 e. The third-order valence-corrected chi connectivity index (χ3v) is 3.48. The molecule has 3 nitrogen and oxygen atoms in total. The molecule has 0 saturated carbocycles. The van der Waals surface area contributed by atoms with Gasteiger partial charge in [0.05, 0.1) is 0 Å². The number of nitrogens with one attached hydrogen (secondary N) is 1. The van der Waals surface area contributed by atoms with Crippen LogP contribution in [0.1, 0.15) is 25.7 Å². The first kappa shape index (κ1) is 10.5. The van der Waals surface area contributed by atoms with Crippen LogP contribution in [0, 0.1) is 18.3 Å². The van der Waals surface area contributed by atoms with Crippen molar-refractivity contribution in [2.24, 2.45) is 5.92 Å². The minimum atomic E-state index is 0.242. The summed E-state index contributed by atoms with van der Waals surface area (Å²) in [5.41, 5.74) is 0. The zero-order chi connectivity index (χ0) is 10.7. The molecule has 2 rings (SSSR count). The van der Waals surface area contributed by atoms with E-state index >= 15 is 0 Å². The molecule has 0 bridgehead atoms. The van der Waals surface area contributed by atoms with Gasteiger partial charge in [-0.1, -0.05) is 0 Å². The van der Waals surface area contributed by atoms with E-state index < -0.39 is 0 Å². The molecular formula is C12H18N2O. The fourth-order valence-corrected chi connectivity index (χ4v) is 2.70. The molecule has 2 aliphatic rings. The lowest BCUT2D eigenvalue weighted by Crippen LogP contribution is -2.48. The summed E-state index contributed by atoms with van der Waals surface area (Å²) in [5.74, 6) is 3.45. The predicted octanol–water partition coefficient (Wildman–Crippen LogP) is 0.610. The Hall–Kier alpha value is -1.01. The van der Waals surface area contributed by atoms with Crippen LogP contribution in [0.15, 0.2) is 0 Å². The molecule has 0 aromatic carbocycles. The van der Waals surface area contributed by atoms with Crippen LogP contribution in [-0.2, 0) is 4.79 Å². The Morgan fingerprint density at radius 2 is 2.40 bits per heavy atom. The van der Waals surface area contributed by atoms with Gasteiger partial charge in [0.1, 0.15) is 0 Å². The van der Waals surface area contributed by atoms with Crippen molar-refractivity contribution >= 4 is 5.91 Å². The summed E-state index contributed by atoms with van der Waals surface area (Å²) in [6.45, 7) is 2.96. The number of hydrogen-bond acceptors (Lipinski definition) is 2. The zero-order valence-corrected chi connectivity index (χ0v) is 9.04. The van der Waals surface area contributed by atoms with Crippen molar-refractivity contribution in [2.75, 3.05) is 19.6 Å². The Bertz CT molecular complexity index is 282. The molecule has 0 radical (unpaired) electrons. The number of carbonyl (C=O) groups excluding carboxylic acids is 1. The SMILES string of the molecule is C#CCCC(=O)N1CCCC2CNCC21. The average Bonchev–Trinajstić information content (AvgIpc) is 2.73. The topological polar surface area (TPSA) is 32.3 Å². The van der Waals surface area contributed by atoms with Gasteiger partial charge in [0.2, 0.25) is 5.91 Å². The number of likely N-dealkylation sites (tertiary alicyclic amines) is 1. The van der Waals surface area contributed by atoms with Gasteiger partial charge < -0.3 is 10.2 Å². The van der Waals surface area contributed by atoms with E-state index in [0.717, 1.165) is 26.1 Å². The van der Waals surface area contributed by atoms with Crippen LogP contribution < -0.4 is 5.32 Å². The number of hydrogen-bond donors (Lipinski definition) is 1. The summed E-state index contributed by atoms with van der Waals surface area (Å²) < 4.78 is 0. The molecule has 1 N–H and O–H groups in total. The van der Waals surface area contributed by atoms with E-state index in [9.17, 15) is 4.79 Å². The fraction of sp³-hybridized carbons (Fsp3) is 0.750. The van der Waals surface area contributed by atoms with Crippen LogP contribution in [0.25, 0.3) is 0 Å². The van der Waals surface area contributed by atoms with Crippen LogP contribution >= 0.6 is 0 Å². The first-order valence-corrected chi connectivity index (χ1v) is 5.76. The predicted molar refractivity (Wildman–Crippen MR) is 59.2 cm³/mol. The van der Waals surface area contributed by atoms with Crippen molar-refractivity contribution in [3.63, 3.8) is 0 Å². The van der Waals surface area contributed by atoms with Crippen molar-refractivity contribution in [2.45, 2.75) is 31.7 Å². The molecule has 0 spiro atoms. The van der Waals surface area contributed by atoms with Gasteiger partial charge in [-0.15, -0.1) is 12.3 Å². The molecule has 0 aromatic rings. The quantitative estimate of drug-likeness (QED) is 0.671. The molecule has 2 unspecified atom stereocenters. The molecule has 2 aliphatic heterocycles. The number of rotatable bonds is 2. The standard InChI is InChI=1S/C12H18N2O/c1-2-3-6-12(15)14-7-4-5-10-8-13-9-11(10)14/h1,10-11,13H,3-9H2. The Morgan fingerprint density at radius 3 is 3.20 bits per heavy atom. The summed E-state index contributed by atoms with van der Waals surface area (Å²) in [5, 5.41) is 3.37. The molecule has 15 heavy (non-hydrogen) atoms. The van der Waals surface area contributed by atoms with Crippen LogP contribution in [0.2, 0.25) is 0 Å². The maximum atomic E-state index is 11.9. The molecule has 2 heterocycles. The second-order valence-corrected chi connectivity index (χ2v) is 4.42. The molecule has 82 valence electrons. The summed E-state index contributed by atoms with van der Waals surface area (Å²) in [6.07, 6.45) is 8.67. The van der Waals surface area contributed by atoms with E-state index in [0.29, 0.717) is 24.8 Å². The van der Waals surface area contributed by atoms with Crippen LogP contribution in [-0.4, -0.2) is 36.5 Å². The first-order chi connectivity index (χ1) is 7.33. The smallest absolute Gasteiger partial charge is 0.223 e. The molecule has 0 aromatic heterocycles. The second kappa shape index (κ2) is 4.67. The van der Waals surface area contributed by atoms with Gasteiger partial charge in [0.15, 0.2) is 0 Å². The lowest BCUT2D eigenvalue weighted by molar-refractivity contribution is -0.135. The highest BCUT2D eigenvalue weighted by molar-refractivity contribution is 5.77. The van der Waals surface area contributed by atoms with E-state index in [1.807, 2.05) is 4.90 Å². The highest BCUT2D eigenvalue weighted by atomic mass is 16.2. The van der Waals surface area contributed by atoms with Gasteiger partial charge in [-0.05, 0) is 18.8 Å². The van der Waals surface area contributed by atoms with E-state index in [-0.39, 0.29) is 5.91 Å². The van der Waals surface area contributed by atoms with Crippen molar-refractivity contribution in [3.05, 3.63) is 0 Å². The Kier molecular flexibility index (Phi) is 3.27. The molecule has 2 atom stereocenters. The molecule has 1 amide bonds. The molecule has 2 fully saturated rings. The van der Waals surface area contributed by atoms with E-state index in [2.05, 4.69) is 11.2 Å². The van der Waals surface area contributed by atoms with E-state index in [1.54, 1.807) is 0 Å². The summed E-state index contributed by atoms with van der Waals surface area (Å²) in [7, 11) is 0. The molecule has 0 aliphatic carbocycles. The molecular weight excluding hydrogens is 188 g/mol. The van der Waals surface area contributed by atoms with Crippen LogP contribution in [0.3, 0.4) is 0 Å². The second-order valence-electron chi connectivity index (χ2n) is 4.42. The normalized spacial score (nSPS) is 29.7. The summed E-state index contributed by atoms with van der Waals surface area (Å²) in [4.78, 5) is 13.9. The minimum absolute atomic E-state index is 0.242. The first-order valence-electron chi connectivity index (χ1n) is 5.76. The molecule has 3 heteroatoms. The maximum absolute atomic E-state index is 11.9. The number of fused-ring (bicyclic) bond motifs is 1. The number of piperidine rings is 1. The highest BCUT2D eigenvalue weighted by Crippen LogP contribution is 2.26. The van der Waals surface area contributed by atoms with E-state index in [4.69, 9.17) is 6.42 Å². The average molecular weight is 206 g/mol. The van der Waals surface area contributed by atoms with Crippen molar-refractivity contribution in [1.29, 1.82) is 0 Å². The van der Waals surface area contributed by atoms with Crippen molar-refractivity contribution < 1.29 is 4.79 Å². The lowest BCUT2D eigenvalue weighted by atomic mass is 9.92. The zero-order valence-electron chi connectivity index (χ0n) is 9.04. The summed E-state index contributed by atoms with van der Waals surface area (Å²) in [6, 6.07) is 0.434. The molecule has 2 saturated heterocycles. The maximum Gasteiger partial charge on any atom is 0.223 e. The Morgan fingerprint density at radius 1 is 1.53 bits per heavy atom. The monoisotopic (exact) mass is 206 g/mol. The van der Waals surface area contributed by atoms with Crippen LogP contribution in [0.5, 0.6) is 0 Å². The van der Waals surface area contributed by atoms with E-state index in [1.165, 1.54) is 6.42 Å². The fourth-order valence-electron chi connectivity index (χ4n) is 2.70. The van der Waals surface area contributed by atoms with Crippen molar-refractivity contribution in [3.8, 4) is 12.3 Å². The lowest BCUT2D eigenvalue weighted by Gasteiger charge is -2.37. The number of carbonyl (C=O) groups is 1. The van der Waals surface area contributed by atoms with Gasteiger partial charge in [-0.25, -0.2) is 0 Å². The summed E-state index contributed by atoms with van der Waals surface area (Å²) >= 11 is 0. The van der Waals surface area contributed by atoms with Crippen LogP contribution in [0.4, 0.5) is 0 Å². The van der Waals surface area contributed by atoms with Gasteiger partial charge >= 0.3 is 0 Å². The number of nitrogens with zero attached hydrogens (tertiary/aromatic N) is 1. The van der Waals surface area contributed by atoms with Gasteiger partial charge in [0, 0.05) is 38.5 Å². The Labute approximate surface area is 91.2 Å². The van der Waals surface area contributed by atoms with Crippen molar-refractivity contribution in [1.82, 2.24) is 10.2 Å². The van der Waals surface area contributed by atoms with Gasteiger partial charge in [0.25, 0.3) is 0 Å². The number of terminal acetylenes is 1. The largest absolute Gasteiger partial charge is 0.338 e. The third-order valence-electron chi connectivity index (χ3n) is 3.48.